The van der Waals surface area contributed by atoms with E-state index in [1.165, 1.54) is 4.31 Å². The van der Waals surface area contributed by atoms with Gasteiger partial charge in [-0.15, -0.1) is 0 Å². The molecule has 0 saturated carbocycles. The van der Waals surface area contributed by atoms with Crippen molar-refractivity contribution >= 4 is 10.2 Å². The molecule has 1 fully saturated rings. The summed E-state index contributed by atoms with van der Waals surface area (Å²) < 4.78 is 28.8. The lowest BCUT2D eigenvalue weighted by Gasteiger charge is -2.29. The van der Waals surface area contributed by atoms with Crippen molar-refractivity contribution in [1.82, 2.24) is 8.61 Å². The molecular formula is C15H25N3O2S. The molecular weight excluding hydrogens is 286 g/mol. The zero-order valence-corrected chi connectivity index (χ0v) is 13.3. The molecule has 1 saturated heterocycles. The summed E-state index contributed by atoms with van der Waals surface area (Å²) in [5, 5.41) is 0. The van der Waals surface area contributed by atoms with Crippen LogP contribution in [-0.4, -0.2) is 43.2 Å². The van der Waals surface area contributed by atoms with Gasteiger partial charge in [0.2, 0.25) is 0 Å². The summed E-state index contributed by atoms with van der Waals surface area (Å²) in [5.41, 5.74) is 6.61. The maximum absolute atomic E-state index is 12.8. The summed E-state index contributed by atoms with van der Waals surface area (Å²) in [6.45, 7) is 2.32. The maximum Gasteiger partial charge on any atom is 0.282 e. The SMILES string of the molecule is NCCN(Cc1ccccc1)S(=O)(=O)N1CCCCCC1. The fourth-order valence-corrected chi connectivity index (χ4v) is 4.34. The molecule has 0 aromatic heterocycles. The number of benzene rings is 1. The summed E-state index contributed by atoms with van der Waals surface area (Å²) in [7, 11) is -3.42. The van der Waals surface area contributed by atoms with Crippen LogP contribution in [0.4, 0.5) is 0 Å². The summed E-state index contributed by atoms with van der Waals surface area (Å²) in [5.74, 6) is 0. The number of hydrogen-bond acceptors (Lipinski definition) is 3. The van der Waals surface area contributed by atoms with Gasteiger partial charge in [0.25, 0.3) is 10.2 Å². The van der Waals surface area contributed by atoms with Crippen molar-refractivity contribution in [3.05, 3.63) is 35.9 Å². The van der Waals surface area contributed by atoms with E-state index >= 15 is 0 Å². The lowest BCUT2D eigenvalue weighted by atomic mass is 10.2. The quantitative estimate of drug-likeness (QED) is 0.867. The molecule has 0 atom stereocenters. The Hall–Kier alpha value is -0.950. The summed E-state index contributed by atoms with van der Waals surface area (Å²) in [6.07, 6.45) is 4.12. The first kappa shape index (κ1) is 16.4. The Morgan fingerprint density at radius 2 is 1.67 bits per heavy atom. The average Bonchev–Trinajstić information content (AvgIpc) is 2.77. The van der Waals surface area contributed by atoms with Crippen LogP contribution in [0.1, 0.15) is 31.2 Å². The van der Waals surface area contributed by atoms with Gasteiger partial charge in [0.05, 0.1) is 0 Å². The highest BCUT2D eigenvalue weighted by Gasteiger charge is 2.29. The number of nitrogens with two attached hydrogens (primary N) is 1. The summed E-state index contributed by atoms with van der Waals surface area (Å²) in [4.78, 5) is 0. The van der Waals surface area contributed by atoms with Crippen LogP contribution in [0, 0.1) is 0 Å². The van der Waals surface area contributed by atoms with Crippen LogP contribution in [0.3, 0.4) is 0 Å². The molecule has 5 nitrogen and oxygen atoms in total. The lowest BCUT2D eigenvalue weighted by Crippen LogP contribution is -2.45. The Morgan fingerprint density at radius 1 is 1.05 bits per heavy atom. The van der Waals surface area contributed by atoms with Crippen molar-refractivity contribution in [2.45, 2.75) is 32.2 Å². The number of rotatable bonds is 6. The van der Waals surface area contributed by atoms with Gasteiger partial charge >= 0.3 is 0 Å². The molecule has 0 aliphatic carbocycles. The van der Waals surface area contributed by atoms with Crippen LogP contribution >= 0.6 is 0 Å². The molecule has 1 aromatic rings. The molecule has 0 bridgehead atoms. The topological polar surface area (TPSA) is 66.6 Å². The van der Waals surface area contributed by atoms with E-state index in [4.69, 9.17) is 5.73 Å². The molecule has 1 aliphatic rings. The van der Waals surface area contributed by atoms with Crippen molar-refractivity contribution in [3.8, 4) is 0 Å². The molecule has 21 heavy (non-hydrogen) atoms. The third-order valence-corrected chi connectivity index (χ3v) is 5.78. The molecule has 118 valence electrons. The molecule has 1 aromatic carbocycles. The Morgan fingerprint density at radius 3 is 2.24 bits per heavy atom. The largest absolute Gasteiger partial charge is 0.329 e. The smallest absolute Gasteiger partial charge is 0.282 e. The van der Waals surface area contributed by atoms with Gasteiger partial charge in [0.15, 0.2) is 0 Å². The van der Waals surface area contributed by atoms with E-state index in [0.29, 0.717) is 32.7 Å². The molecule has 0 radical (unpaired) electrons. The fourth-order valence-electron chi connectivity index (χ4n) is 2.64. The van der Waals surface area contributed by atoms with Crippen molar-refractivity contribution in [1.29, 1.82) is 0 Å². The van der Waals surface area contributed by atoms with Crippen LogP contribution < -0.4 is 5.73 Å². The van der Waals surface area contributed by atoms with Gasteiger partial charge in [-0.05, 0) is 18.4 Å². The maximum atomic E-state index is 12.8. The fraction of sp³-hybridized carbons (Fsp3) is 0.600. The van der Waals surface area contributed by atoms with Crippen LogP contribution in [0.2, 0.25) is 0 Å². The minimum atomic E-state index is -3.42. The van der Waals surface area contributed by atoms with Crippen molar-refractivity contribution < 1.29 is 8.42 Å². The first-order valence-corrected chi connectivity index (χ1v) is 9.03. The molecule has 0 amide bonds. The Labute approximate surface area is 127 Å². The first-order chi connectivity index (χ1) is 10.1. The zero-order chi connectivity index (χ0) is 15.1. The van der Waals surface area contributed by atoms with Crippen LogP contribution in [0.15, 0.2) is 30.3 Å². The highest BCUT2D eigenvalue weighted by atomic mass is 32.2. The molecule has 0 unspecified atom stereocenters. The third kappa shape index (κ3) is 4.51. The molecule has 2 N–H and O–H groups in total. The molecule has 6 heteroatoms. The minimum absolute atomic E-state index is 0.333. The monoisotopic (exact) mass is 311 g/mol. The summed E-state index contributed by atoms with van der Waals surface area (Å²) >= 11 is 0. The van der Waals surface area contributed by atoms with Gasteiger partial charge in [-0.1, -0.05) is 43.2 Å². The van der Waals surface area contributed by atoms with E-state index in [-0.39, 0.29) is 0 Å². The zero-order valence-electron chi connectivity index (χ0n) is 12.4. The molecule has 0 spiro atoms. The lowest BCUT2D eigenvalue weighted by molar-refractivity contribution is 0.339. The van der Waals surface area contributed by atoms with Crippen LogP contribution in [0.25, 0.3) is 0 Å². The van der Waals surface area contributed by atoms with Gasteiger partial charge in [0, 0.05) is 32.7 Å². The first-order valence-electron chi connectivity index (χ1n) is 7.64. The summed E-state index contributed by atoms with van der Waals surface area (Å²) in [6, 6.07) is 9.67. The van der Waals surface area contributed by atoms with Crippen LogP contribution in [0.5, 0.6) is 0 Å². The van der Waals surface area contributed by atoms with Gasteiger partial charge in [-0.2, -0.15) is 17.0 Å². The second-order valence-electron chi connectivity index (χ2n) is 5.43. The second kappa shape index (κ2) is 7.89. The van der Waals surface area contributed by atoms with Gasteiger partial charge in [-0.3, -0.25) is 0 Å². The Kier molecular flexibility index (Phi) is 6.17. The van der Waals surface area contributed by atoms with E-state index in [0.717, 1.165) is 31.2 Å². The standard InChI is InChI=1S/C15H25N3O2S/c16-10-13-18(14-15-8-4-3-5-9-15)21(19,20)17-11-6-1-2-7-12-17/h3-5,8-9H,1-2,6-7,10-14,16H2. The van der Waals surface area contributed by atoms with E-state index in [9.17, 15) is 8.42 Å². The number of hydrogen-bond donors (Lipinski definition) is 1. The van der Waals surface area contributed by atoms with E-state index in [1.807, 2.05) is 30.3 Å². The minimum Gasteiger partial charge on any atom is -0.329 e. The van der Waals surface area contributed by atoms with Crippen LogP contribution in [-0.2, 0) is 16.8 Å². The Balaban J connectivity index is 2.15. The number of nitrogens with zero attached hydrogens (tertiary/aromatic N) is 2. The highest BCUT2D eigenvalue weighted by Crippen LogP contribution is 2.18. The van der Waals surface area contributed by atoms with Crippen molar-refractivity contribution in [2.75, 3.05) is 26.2 Å². The van der Waals surface area contributed by atoms with E-state index < -0.39 is 10.2 Å². The second-order valence-corrected chi connectivity index (χ2v) is 7.36. The van der Waals surface area contributed by atoms with E-state index in [1.54, 1.807) is 4.31 Å². The van der Waals surface area contributed by atoms with Crippen molar-refractivity contribution in [2.24, 2.45) is 5.73 Å². The molecule has 2 rings (SSSR count). The average molecular weight is 311 g/mol. The van der Waals surface area contributed by atoms with Gasteiger partial charge < -0.3 is 5.73 Å². The van der Waals surface area contributed by atoms with Gasteiger partial charge in [-0.25, -0.2) is 0 Å². The molecule has 1 heterocycles. The highest BCUT2D eigenvalue weighted by molar-refractivity contribution is 7.86. The predicted octanol–water partition coefficient (Wildman–Crippen LogP) is 1.57. The predicted molar refractivity (Wildman–Crippen MR) is 84.9 cm³/mol. The normalized spacial score (nSPS) is 17.8. The Bertz CT molecular complexity index is 511. The van der Waals surface area contributed by atoms with Gasteiger partial charge in [0.1, 0.15) is 0 Å². The third-order valence-electron chi connectivity index (χ3n) is 3.80. The van der Waals surface area contributed by atoms with Crippen molar-refractivity contribution in [3.63, 3.8) is 0 Å². The molecule has 1 aliphatic heterocycles. The van der Waals surface area contributed by atoms with E-state index in [2.05, 4.69) is 0 Å².